The molecule has 7 heteroatoms. The van der Waals surface area contributed by atoms with Crippen molar-refractivity contribution in [2.45, 2.75) is 20.0 Å². The highest BCUT2D eigenvalue weighted by molar-refractivity contribution is 5.84. The summed E-state index contributed by atoms with van der Waals surface area (Å²) in [5, 5.41) is 4.12. The smallest absolute Gasteiger partial charge is 0.388 e. The van der Waals surface area contributed by atoms with Crippen LogP contribution >= 0.6 is 0 Å². The summed E-state index contributed by atoms with van der Waals surface area (Å²) in [6, 6.07) is 8.11. The lowest BCUT2D eigenvalue weighted by Crippen LogP contribution is -2.03. The zero-order valence-corrected chi connectivity index (χ0v) is 15.0. The average molecular weight is 366 g/mol. The van der Waals surface area contributed by atoms with Crippen molar-refractivity contribution in [1.29, 1.82) is 0 Å². The first kappa shape index (κ1) is 21.4. The summed E-state index contributed by atoms with van der Waals surface area (Å²) in [6.07, 6.45) is -0.451. The molecule has 0 radical (unpaired) electrons. The van der Waals surface area contributed by atoms with E-state index in [-0.39, 0.29) is 0 Å². The van der Waals surface area contributed by atoms with Gasteiger partial charge in [-0.3, -0.25) is 4.79 Å². The number of methoxy groups -OCH3 is 1. The maximum atomic E-state index is 12.6. The fraction of sp³-hybridized carbons (Fsp3) is 0.263. The summed E-state index contributed by atoms with van der Waals surface area (Å²) in [4.78, 5) is 10.8. The number of hydrogen-bond acceptors (Lipinski definition) is 3. The van der Waals surface area contributed by atoms with E-state index in [0.717, 1.165) is 12.1 Å². The van der Waals surface area contributed by atoms with Crippen LogP contribution in [0.15, 0.2) is 48.8 Å². The zero-order chi connectivity index (χ0) is 19.7. The van der Waals surface area contributed by atoms with Crippen molar-refractivity contribution >= 4 is 11.8 Å². The largest absolute Gasteiger partial charge is 0.416 e. The van der Waals surface area contributed by atoms with Gasteiger partial charge in [-0.05, 0) is 29.8 Å². The van der Waals surface area contributed by atoms with Crippen molar-refractivity contribution in [1.82, 2.24) is 9.61 Å². The monoisotopic (exact) mass is 366 g/mol. The number of ether oxygens (including phenoxy) is 1. The molecule has 0 atom stereocenters. The Hall–Kier alpha value is -2.67. The fourth-order valence-electron chi connectivity index (χ4n) is 2.13. The Morgan fingerprint density at radius 1 is 1.08 bits per heavy atom. The molecule has 0 unspecified atom stereocenters. The molecule has 4 nitrogen and oxygen atoms in total. The van der Waals surface area contributed by atoms with Gasteiger partial charge in [-0.25, -0.2) is 4.52 Å². The first-order valence-electron chi connectivity index (χ1n) is 7.91. The SMILES string of the molecule is CC.COC.O=Cc1ccn2ncc(-c3ccc(C(F)(F)F)cc3)c2c1. The van der Waals surface area contributed by atoms with Crippen molar-refractivity contribution in [3.05, 3.63) is 59.9 Å². The minimum absolute atomic E-state index is 0.483. The molecule has 2 heterocycles. The second-order valence-electron chi connectivity index (χ2n) is 4.95. The number of rotatable bonds is 2. The van der Waals surface area contributed by atoms with Crippen LogP contribution in [0, 0.1) is 0 Å². The molecule has 0 amide bonds. The lowest BCUT2D eigenvalue weighted by Gasteiger charge is -2.07. The number of nitrogens with zero attached hydrogens (tertiary/aromatic N) is 2. The van der Waals surface area contributed by atoms with Crippen LogP contribution in [0.25, 0.3) is 16.6 Å². The normalized spacial score (nSPS) is 10.4. The average Bonchev–Trinajstić information content (AvgIpc) is 3.06. The Labute approximate surface area is 150 Å². The molecule has 0 bridgehead atoms. The Morgan fingerprint density at radius 3 is 2.15 bits per heavy atom. The van der Waals surface area contributed by atoms with Crippen LogP contribution in [0.1, 0.15) is 29.8 Å². The van der Waals surface area contributed by atoms with Gasteiger partial charge in [0.25, 0.3) is 0 Å². The van der Waals surface area contributed by atoms with Crippen LogP contribution in [-0.4, -0.2) is 30.1 Å². The number of benzene rings is 1. The summed E-state index contributed by atoms with van der Waals surface area (Å²) in [6.45, 7) is 4.00. The molecule has 0 N–H and O–H groups in total. The predicted octanol–water partition coefficient (Wildman–Crippen LogP) is 5.12. The highest BCUT2D eigenvalue weighted by Crippen LogP contribution is 2.32. The quantitative estimate of drug-likeness (QED) is 0.591. The highest BCUT2D eigenvalue weighted by atomic mass is 19.4. The van der Waals surface area contributed by atoms with Crippen LogP contribution in [0.4, 0.5) is 13.2 Å². The van der Waals surface area contributed by atoms with Gasteiger partial charge >= 0.3 is 6.18 Å². The molecule has 0 aliphatic heterocycles. The van der Waals surface area contributed by atoms with Crippen LogP contribution in [0.5, 0.6) is 0 Å². The number of carbonyl (C=O) groups excluding carboxylic acids is 1. The van der Waals surface area contributed by atoms with E-state index in [1.54, 1.807) is 43.3 Å². The standard InChI is InChI=1S/C15H9F3N2O.C2H6O.C2H6/c16-15(17,18)12-3-1-11(2-4-12)13-8-19-20-6-5-10(9-21)7-14(13)20;1-3-2;1-2/h1-9H;1-2H3;1-2H3. The molecular formula is C19H21F3N2O2. The van der Waals surface area contributed by atoms with E-state index in [1.165, 1.54) is 12.1 Å². The number of pyridine rings is 1. The number of fused-ring (bicyclic) bond motifs is 1. The summed E-state index contributed by atoms with van der Waals surface area (Å²) >= 11 is 0. The van der Waals surface area contributed by atoms with Gasteiger partial charge in [0, 0.05) is 31.5 Å². The first-order chi connectivity index (χ1) is 12.4. The van der Waals surface area contributed by atoms with E-state index in [4.69, 9.17) is 0 Å². The maximum absolute atomic E-state index is 12.6. The number of halogens is 3. The molecular weight excluding hydrogens is 345 g/mol. The van der Waals surface area contributed by atoms with Gasteiger partial charge in [0.1, 0.15) is 6.29 Å². The van der Waals surface area contributed by atoms with Gasteiger partial charge in [-0.1, -0.05) is 26.0 Å². The van der Waals surface area contributed by atoms with Crippen molar-refractivity contribution in [3.8, 4) is 11.1 Å². The number of aromatic nitrogens is 2. The second kappa shape index (κ2) is 9.72. The minimum atomic E-state index is -4.36. The molecule has 0 saturated heterocycles. The Morgan fingerprint density at radius 2 is 1.65 bits per heavy atom. The van der Waals surface area contributed by atoms with Gasteiger partial charge in [0.05, 0.1) is 17.3 Å². The molecule has 0 spiro atoms. The van der Waals surface area contributed by atoms with E-state index in [0.29, 0.717) is 28.5 Å². The second-order valence-corrected chi connectivity index (χ2v) is 4.95. The topological polar surface area (TPSA) is 43.6 Å². The van der Waals surface area contributed by atoms with Crippen LogP contribution in [-0.2, 0) is 10.9 Å². The van der Waals surface area contributed by atoms with E-state index in [1.807, 2.05) is 13.8 Å². The third kappa shape index (κ3) is 5.16. The van der Waals surface area contributed by atoms with Crippen molar-refractivity contribution in [2.75, 3.05) is 14.2 Å². The van der Waals surface area contributed by atoms with Gasteiger partial charge in [0.2, 0.25) is 0 Å². The fourth-order valence-corrected chi connectivity index (χ4v) is 2.13. The van der Waals surface area contributed by atoms with Crippen LogP contribution < -0.4 is 0 Å². The van der Waals surface area contributed by atoms with Crippen molar-refractivity contribution in [3.63, 3.8) is 0 Å². The summed E-state index contributed by atoms with van der Waals surface area (Å²) in [7, 11) is 3.25. The van der Waals surface area contributed by atoms with Crippen molar-refractivity contribution < 1.29 is 22.7 Å². The third-order valence-corrected chi connectivity index (χ3v) is 3.20. The van der Waals surface area contributed by atoms with E-state index in [2.05, 4.69) is 9.84 Å². The van der Waals surface area contributed by atoms with Gasteiger partial charge in [0.15, 0.2) is 0 Å². The van der Waals surface area contributed by atoms with Crippen molar-refractivity contribution in [2.24, 2.45) is 0 Å². The molecule has 26 heavy (non-hydrogen) atoms. The number of alkyl halides is 3. The van der Waals surface area contributed by atoms with E-state index >= 15 is 0 Å². The maximum Gasteiger partial charge on any atom is 0.416 e. The number of carbonyl (C=O) groups is 1. The molecule has 0 fully saturated rings. The van der Waals surface area contributed by atoms with Crippen LogP contribution in [0.3, 0.4) is 0 Å². The Bertz CT molecular complexity index is 825. The Kier molecular flexibility index (Phi) is 7.99. The third-order valence-electron chi connectivity index (χ3n) is 3.20. The molecule has 2 aromatic heterocycles. The molecule has 3 rings (SSSR count). The molecule has 0 aliphatic rings. The summed E-state index contributed by atoms with van der Waals surface area (Å²) in [5.41, 5.74) is 1.74. The van der Waals surface area contributed by atoms with E-state index in [9.17, 15) is 18.0 Å². The Balaban J connectivity index is 0.000000615. The summed E-state index contributed by atoms with van der Waals surface area (Å²) < 4.78 is 43.5. The predicted molar refractivity (Wildman–Crippen MR) is 95.3 cm³/mol. The first-order valence-corrected chi connectivity index (χ1v) is 7.91. The summed E-state index contributed by atoms with van der Waals surface area (Å²) in [5.74, 6) is 0. The van der Waals surface area contributed by atoms with Crippen LogP contribution in [0.2, 0.25) is 0 Å². The van der Waals surface area contributed by atoms with Gasteiger partial charge in [-0.2, -0.15) is 18.3 Å². The lowest BCUT2D eigenvalue weighted by atomic mass is 10.0. The highest BCUT2D eigenvalue weighted by Gasteiger charge is 2.30. The van der Waals surface area contributed by atoms with Gasteiger partial charge < -0.3 is 4.74 Å². The van der Waals surface area contributed by atoms with E-state index < -0.39 is 11.7 Å². The molecule has 0 saturated carbocycles. The van der Waals surface area contributed by atoms with Gasteiger partial charge in [-0.15, -0.1) is 0 Å². The minimum Gasteiger partial charge on any atom is -0.388 e. The molecule has 3 aromatic rings. The molecule has 0 aliphatic carbocycles. The molecule has 140 valence electrons. The lowest BCUT2D eigenvalue weighted by molar-refractivity contribution is -0.137. The number of hydrogen-bond donors (Lipinski definition) is 0. The molecule has 1 aromatic carbocycles. The number of aldehydes is 1. The zero-order valence-electron chi connectivity index (χ0n) is 15.0.